The van der Waals surface area contributed by atoms with E-state index in [1.54, 1.807) is 12.0 Å². The molecule has 142 valence electrons. The summed E-state index contributed by atoms with van der Waals surface area (Å²) in [5, 5.41) is 4.81. The normalized spacial score (nSPS) is 12.5. The molecular formula is C23H22N2O3. The Morgan fingerprint density at radius 2 is 1.96 bits per heavy atom. The SMILES string of the molecule is CCN1C(=O)c2cccc3c(NC(=O)Cc4ccc(OC)c(C)c4)ccc1c23. The van der Waals surface area contributed by atoms with Crippen LogP contribution in [-0.2, 0) is 11.2 Å². The number of nitrogens with zero attached hydrogens (tertiary/aromatic N) is 1. The Morgan fingerprint density at radius 1 is 1.14 bits per heavy atom. The molecule has 0 unspecified atom stereocenters. The molecule has 0 aromatic heterocycles. The smallest absolute Gasteiger partial charge is 0.258 e. The summed E-state index contributed by atoms with van der Waals surface area (Å²) in [6.07, 6.45) is 0.272. The number of carbonyl (C=O) groups excluding carboxylic acids is 2. The van der Waals surface area contributed by atoms with Crippen LogP contribution in [0.15, 0.2) is 48.5 Å². The highest BCUT2D eigenvalue weighted by molar-refractivity contribution is 6.27. The van der Waals surface area contributed by atoms with Crippen molar-refractivity contribution in [2.24, 2.45) is 0 Å². The molecule has 1 aliphatic rings. The van der Waals surface area contributed by atoms with Gasteiger partial charge in [0.05, 0.1) is 19.2 Å². The van der Waals surface area contributed by atoms with Crippen LogP contribution in [0.4, 0.5) is 11.4 Å². The van der Waals surface area contributed by atoms with E-state index in [1.165, 1.54) is 0 Å². The molecule has 5 nitrogen and oxygen atoms in total. The van der Waals surface area contributed by atoms with Crippen LogP contribution in [0.25, 0.3) is 10.8 Å². The van der Waals surface area contributed by atoms with Gasteiger partial charge in [-0.2, -0.15) is 0 Å². The fourth-order valence-corrected chi connectivity index (χ4v) is 3.90. The largest absolute Gasteiger partial charge is 0.496 e. The molecule has 0 aliphatic carbocycles. The maximum atomic E-state index is 12.6. The Morgan fingerprint density at radius 3 is 2.68 bits per heavy atom. The summed E-state index contributed by atoms with van der Waals surface area (Å²) in [6, 6.07) is 15.2. The van der Waals surface area contributed by atoms with Crippen LogP contribution in [0.5, 0.6) is 5.75 Å². The van der Waals surface area contributed by atoms with E-state index in [1.807, 2.05) is 62.4 Å². The summed E-state index contributed by atoms with van der Waals surface area (Å²) in [4.78, 5) is 27.0. The molecule has 28 heavy (non-hydrogen) atoms. The van der Waals surface area contributed by atoms with Crippen molar-refractivity contribution in [3.63, 3.8) is 0 Å². The first-order chi connectivity index (χ1) is 13.5. The van der Waals surface area contributed by atoms with E-state index in [4.69, 9.17) is 4.74 Å². The minimum Gasteiger partial charge on any atom is -0.496 e. The number of amides is 2. The second-order valence-corrected chi connectivity index (χ2v) is 6.94. The molecule has 0 atom stereocenters. The third kappa shape index (κ3) is 2.89. The van der Waals surface area contributed by atoms with E-state index in [0.29, 0.717) is 12.1 Å². The molecule has 3 aromatic rings. The first-order valence-corrected chi connectivity index (χ1v) is 9.34. The van der Waals surface area contributed by atoms with E-state index >= 15 is 0 Å². The van der Waals surface area contributed by atoms with Crippen molar-refractivity contribution in [3.05, 3.63) is 65.2 Å². The van der Waals surface area contributed by atoms with Crippen LogP contribution in [0.2, 0.25) is 0 Å². The van der Waals surface area contributed by atoms with Gasteiger partial charge in [-0.05, 0) is 49.2 Å². The fourth-order valence-electron chi connectivity index (χ4n) is 3.90. The lowest BCUT2D eigenvalue weighted by Gasteiger charge is -2.15. The predicted octanol–water partition coefficient (Wildman–Crippen LogP) is 4.32. The van der Waals surface area contributed by atoms with Crippen molar-refractivity contribution in [3.8, 4) is 5.75 Å². The number of ether oxygens (including phenoxy) is 1. The zero-order chi connectivity index (χ0) is 19.8. The molecule has 0 bridgehead atoms. The van der Waals surface area contributed by atoms with Crippen molar-refractivity contribution >= 4 is 34.0 Å². The zero-order valence-corrected chi connectivity index (χ0v) is 16.2. The highest BCUT2D eigenvalue weighted by Gasteiger charge is 2.29. The van der Waals surface area contributed by atoms with E-state index in [0.717, 1.165) is 39.0 Å². The molecule has 3 aromatic carbocycles. The summed E-state index contributed by atoms with van der Waals surface area (Å²) >= 11 is 0. The Labute approximate surface area is 163 Å². The quantitative estimate of drug-likeness (QED) is 0.724. The molecule has 2 amide bonds. The highest BCUT2D eigenvalue weighted by atomic mass is 16.5. The van der Waals surface area contributed by atoms with Gasteiger partial charge < -0.3 is 15.0 Å². The Bertz CT molecular complexity index is 1100. The third-order valence-electron chi connectivity index (χ3n) is 5.20. The van der Waals surface area contributed by atoms with Crippen molar-refractivity contribution < 1.29 is 14.3 Å². The first kappa shape index (κ1) is 18.0. The number of carbonyl (C=O) groups is 2. The number of nitrogens with one attached hydrogen (secondary N) is 1. The Kier molecular flexibility index (Phi) is 4.51. The van der Waals surface area contributed by atoms with Crippen molar-refractivity contribution in [2.45, 2.75) is 20.3 Å². The van der Waals surface area contributed by atoms with E-state index in [2.05, 4.69) is 5.32 Å². The predicted molar refractivity (Wildman–Crippen MR) is 111 cm³/mol. The average molecular weight is 374 g/mol. The lowest BCUT2D eigenvalue weighted by Crippen LogP contribution is -2.25. The van der Waals surface area contributed by atoms with Crippen molar-refractivity contribution in [1.82, 2.24) is 0 Å². The van der Waals surface area contributed by atoms with Crippen LogP contribution < -0.4 is 15.0 Å². The number of methoxy groups -OCH3 is 1. The van der Waals surface area contributed by atoms with Gasteiger partial charge in [0.15, 0.2) is 0 Å². The Balaban J connectivity index is 1.63. The molecule has 0 saturated carbocycles. The zero-order valence-electron chi connectivity index (χ0n) is 16.2. The molecule has 1 heterocycles. The van der Waals surface area contributed by atoms with Gasteiger partial charge in [-0.15, -0.1) is 0 Å². The fraction of sp³-hybridized carbons (Fsp3) is 0.217. The van der Waals surface area contributed by atoms with E-state index in [9.17, 15) is 9.59 Å². The van der Waals surface area contributed by atoms with Crippen LogP contribution >= 0.6 is 0 Å². The van der Waals surface area contributed by atoms with Gasteiger partial charge in [-0.3, -0.25) is 9.59 Å². The molecule has 0 fully saturated rings. The third-order valence-corrected chi connectivity index (χ3v) is 5.20. The number of benzene rings is 3. The van der Waals surface area contributed by atoms with Crippen LogP contribution in [0.3, 0.4) is 0 Å². The monoisotopic (exact) mass is 374 g/mol. The van der Waals surface area contributed by atoms with Gasteiger partial charge in [0.25, 0.3) is 5.91 Å². The summed E-state index contributed by atoms with van der Waals surface area (Å²) in [6.45, 7) is 4.53. The highest BCUT2D eigenvalue weighted by Crippen LogP contribution is 2.40. The topological polar surface area (TPSA) is 58.6 Å². The lowest BCUT2D eigenvalue weighted by atomic mass is 10.0. The van der Waals surface area contributed by atoms with E-state index in [-0.39, 0.29) is 18.2 Å². The van der Waals surface area contributed by atoms with Gasteiger partial charge in [-0.25, -0.2) is 0 Å². The van der Waals surface area contributed by atoms with Crippen LogP contribution in [0, 0.1) is 6.92 Å². The molecule has 1 aliphatic heterocycles. The Hall–Kier alpha value is -3.34. The molecular weight excluding hydrogens is 352 g/mol. The molecule has 0 spiro atoms. The van der Waals surface area contributed by atoms with Gasteiger partial charge in [0.1, 0.15) is 5.75 Å². The summed E-state index contributed by atoms with van der Waals surface area (Å²) in [5.41, 5.74) is 4.24. The molecule has 0 saturated heterocycles. The molecule has 5 heteroatoms. The molecule has 4 rings (SSSR count). The van der Waals surface area contributed by atoms with Gasteiger partial charge in [0.2, 0.25) is 5.91 Å². The van der Waals surface area contributed by atoms with E-state index < -0.39 is 0 Å². The van der Waals surface area contributed by atoms with Gasteiger partial charge in [-0.1, -0.05) is 24.3 Å². The average Bonchev–Trinajstić information content (AvgIpc) is 2.97. The number of hydrogen-bond donors (Lipinski definition) is 1. The molecule has 0 radical (unpaired) electrons. The lowest BCUT2D eigenvalue weighted by molar-refractivity contribution is -0.115. The number of rotatable bonds is 5. The summed E-state index contributed by atoms with van der Waals surface area (Å²) in [7, 11) is 1.63. The van der Waals surface area contributed by atoms with Crippen molar-refractivity contribution in [1.29, 1.82) is 0 Å². The summed E-state index contributed by atoms with van der Waals surface area (Å²) in [5.74, 6) is 0.726. The van der Waals surface area contributed by atoms with Crippen LogP contribution in [0.1, 0.15) is 28.4 Å². The number of hydrogen-bond acceptors (Lipinski definition) is 3. The standard InChI is InChI=1S/C23H22N2O3/c1-4-25-19-10-9-18(16-6-5-7-17(22(16)19)23(25)27)24-21(26)13-15-8-11-20(28-3)14(2)12-15/h5-12H,4,13H2,1-3H3,(H,24,26). The summed E-state index contributed by atoms with van der Waals surface area (Å²) < 4.78 is 5.27. The number of aryl methyl sites for hydroxylation is 1. The maximum Gasteiger partial charge on any atom is 0.258 e. The van der Waals surface area contributed by atoms with Crippen LogP contribution in [-0.4, -0.2) is 25.5 Å². The van der Waals surface area contributed by atoms with Gasteiger partial charge in [0, 0.05) is 28.6 Å². The van der Waals surface area contributed by atoms with Gasteiger partial charge >= 0.3 is 0 Å². The molecule has 1 N–H and O–H groups in total. The number of anilines is 2. The van der Waals surface area contributed by atoms with Crippen molar-refractivity contribution in [2.75, 3.05) is 23.9 Å². The second kappa shape index (κ2) is 7.00. The minimum absolute atomic E-state index is 0.0142. The first-order valence-electron chi connectivity index (χ1n) is 9.34. The second-order valence-electron chi connectivity index (χ2n) is 6.94. The maximum absolute atomic E-state index is 12.6. The minimum atomic E-state index is -0.0954.